The Morgan fingerprint density at radius 2 is 2.42 bits per heavy atom. The van der Waals surface area contributed by atoms with Crippen LogP contribution in [0.4, 0.5) is 0 Å². The van der Waals surface area contributed by atoms with Crippen molar-refractivity contribution in [3.05, 3.63) is 23.8 Å². The molecule has 2 unspecified atom stereocenters. The van der Waals surface area contributed by atoms with Crippen LogP contribution in [0.25, 0.3) is 0 Å². The van der Waals surface area contributed by atoms with Crippen molar-refractivity contribution in [3.63, 3.8) is 0 Å². The normalized spacial score (nSPS) is 35.0. The minimum absolute atomic E-state index is 0.751. The average Bonchev–Trinajstić information content (AvgIpc) is 2.49. The third-order valence-corrected chi connectivity index (χ3v) is 3.14. The molecule has 0 aromatic rings. The van der Waals surface area contributed by atoms with Crippen LogP contribution in [0.15, 0.2) is 23.8 Å². The molecule has 0 amide bonds. The molecular formula is C11H17N. The molecule has 0 radical (unpaired) electrons. The van der Waals surface area contributed by atoms with Crippen molar-refractivity contribution in [1.82, 2.24) is 4.90 Å². The van der Waals surface area contributed by atoms with Gasteiger partial charge in [-0.1, -0.05) is 37.6 Å². The lowest BCUT2D eigenvalue weighted by atomic mass is 9.86. The summed E-state index contributed by atoms with van der Waals surface area (Å²) in [6.45, 7) is 8.24. The number of hydrogen-bond acceptors (Lipinski definition) is 1. The standard InChI is InChI=1S/C11H17N/c1-3-12-7-10-6-4-5-9(2)11(10)8-12/h4-6,9,11H,3,7-8H2,1-2H3. The lowest BCUT2D eigenvalue weighted by molar-refractivity contribution is 0.326. The Morgan fingerprint density at radius 1 is 1.58 bits per heavy atom. The third kappa shape index (κ3) is 1.22. The predicted octanol–water partition coefficient (Wildman–Crippen LogP) is 2.07. The average molecular weight is 163 g/mol. The molecule has 66 valence electrons. The van der Waals surface area contributed by atoms with E-state index in [0.29, 0.717) is 0 Å². The fourth-order valence-electron chi connectivity index (χ4n) is 2.25. The Kier molecular flexibility index (Phi) is 2.05. The van der Waals surface area contributed by atoms with Gasteiger partial charge in [0.05, 0.1) is 0 Å². The molecular weight excluding hydrogens is 146 g/mol. The second-order valence-electron chi connectivity index (χ2n) is 3.92. The first-order chi connectivity index (χ1) is 5.81. The van der Waals surface area contributed by atoms with Crippen LogP contribution in [0.5, 0.6) is 0 Å². The van der Waals surface area contributed by atoms with E-state index in [4.69, 9.17) is 0 Å². The highest BCUT2D eigenvalue weighted by atomic mass is 15.1. The van der Waals surface area contributed by atoms with E-state index in [1.165, 1.54) is 19.6 Å². The zero-order chi connectivity index (χ0) is 8.55. The smallest absolute Gasteiger partial charge is 0.0199 e. The predicted molar refractivity (Wildman–Crippen MR) is 52.0 cm³/mol. The van der Waals surface area contributed by atoms with Crippen LogP contribution in [-0.2, 0) is 0 Å². The van der Waals surface area contributed by atoms with Crippen molar-refractivity contribution in [3.8, 4) is 0 Å². The summed E-state index contributed by atoms with van der Waals surface area (Å²) in [7, 11) is 0. The van der Waals surface area contributed by atoms with Crippen molar-refractivity contribution >= 4 is 0 Å². The highest BCUT2D eigenvalue weighted by molar-refractivity contribution is 5.27. The summed E-state index contributed by atoms with van der Waals surface area (Å²) in [4.78, 5) is 2.53. The lowest BCUT2D eigenvalue weighted by Gasteiger charge is -2.19. The summed E-state index contributed by atoms with van der Waals surface area (Å²) in [6, 6.07) is 0. The molecule has 12 heavy (non-hydrogen) atoms. The molecule has 0 N–H and O–H groups in total. The molecule has 0 spiro atoms. The van der Waals surface area contributed by atoms with Crippen LogP contribution in [-0.4, -0.2) is 24.5 Å². The molecule has 1 aliphatic carbocycles. The Hall–Kier alpha value is -0.560. The topological polar surface area (TPSA) is 3.24 Å². The van der Waals surface area contributed by atoms with Gasteiger partial charge in [0.1, 0.15) is 0 Å². The second kappa shape index (κ2) is 3.06. The van der Waals surface area contributed by atoms with Gasteiger partial charge in [-0.25, -0.2) is 0 Å². The van der Waals surface area contributed by atoms with Crippen LogP contribution >= 0.6 is 0 Å². The van der Waals surface area contributed by atoms with E-state index < -0.39 is 0 Å². The third-order valence-electron chi connectivity index (χ3n) is 3.14. The number of rotatable bonds is 1. The number of allylic oxidation sites excluding steroid dienone is 3. The molecule has 0 aromatic carbocycles. The highest BCUT2D eigenvalue weighted by Gasteiger charge is 2.30. The summed E-state index contributed by atoms with van der Waals surface area (Å²) in [6.07, 6.45) is 6.85. The number of likely N-dealkylation sites (N-methyl/N-ethyl adjacent to an activating group) is 1. The summed E-state index contributed by atoms with van der Waals surface area (Å²) >= 11 is 0. The summed E-state index contributed by atoms with van der Waals surface area (Å²) in [5.41, 5.74) is 1.65. The molecule has 0 bridgehead atoms. The van der Waals surface area contributed by atoms with Crippen LogP contribution in [0, 0.1) is 11.8 Å². The van der Waals surface area contributed by atoms with Crippen molar-refractivity contribution in [1.29, 1.82) is 0 Å². The molecule has 1 nitrogen and oxygen atoms in total. The fraction of sp³-hybridized carbons (Fsp3) is 0.636. The van der Waals surface area contributed by atoms with Crippen LogP contribution in [0.3, 0.4) is 0 Å². The molecule has 0 aromatic heterocycles. The summed E-state index contributed by atoms with van der Waals surface area (Å²) < 4.78 is 0. The number of likely N-dealkylation sites (tertiary alicyclic amines) is 1. The first-order valence-corrected chi connectivity index (χ1v) is 4.91. The Labute approximate surface area is 74.8 Å². The lowest BCUT2D eigenvalue weighted by Crippen LogP contribution is -2.21. The van der Waals surface area contributed by atoms with Gasteiger partial charge >= 0.3 is 0 Å². The van der Waals surface area contributed by atoms with Gasteiger partial charge in [-0.3, -0.25) is 4.90 Å². The fourth-order valence-corrected chi connectivity index (χ4v) is 2.25. The van der Waals surface area contributed by atoms with Crippen LogP contribution in [0.1, 0.15) is 13.8 Å². The maximum Gasteiger partial charge on any atom is 0.0199 e. The first kappa shape index (κ1) is 8.06. The zero-order valence-electron chi connectivity index (χ0n) is 7.96. The maximum atomic E-state index is 2.53. The van der Waals surface area contributed by atoms with E-state index in [2.05, 4.69) is 37.0 Å². The van der Waals surface area contributed by atoms with Gasteiger partial charge in [-0.05, 0) is 12.5 Å². The van der Waals surface area contributed by atoms with Crippen LogP contribution in [0.2, 0.25) is 0 Å². The van der Waals surface area contributed by atoms with Gasteiger partial charge in [-0.15, -0.1) is 0 Å². The molecule has 0 saturated carbocycles. The van der Waals surface area contributed by atoms with Gasteiger partial charge in [0.2, 0.25) is 0 Å². The van der Waals surface area contributed by atoms with E-state index >= 15 is 0 Å². The largest absolute Gasteiger partial charge is 0.299 e. The van der Waals surface area contributed by atoms with Gasteiger partial charge in [0, 0.05) is 19.0 Å². The van der Waals surface area contributed by atoms with Gasteiger partial charge in [0.25, 0.3) is 0 Å². The molecule has 1 saturated heterocycles. The Balaban J connectivity index is 2.13. The van der Waals surface area contributed by atoms with Gasteiger partial charge in [0.15, 0.2) is 0 Å². The first-order valence-electron chi connectivity index (χ1n) is 4.91. The number of nitrogens with zero attached hydrogens (tertiary/aromatic N) is 1. The minimum Gasteiger partial charge on any atom is -0.299 e. The molecule has 1 aliphatic heterocycles. The van der Waals surface area contributed by atoms with Crippen molar-refractivity contribution in [2.45, 2.75) is 13.8 Å². The van der Waals surface area contributed by atoms with Crippen molar-refractivity contribution in [2.75, 3.05) is 19.6 Å². The Bertz CT molecular complexity index is 227. The van der Waals surface area contributed by atoms with E-state index in [1.54, 1.807) is 5.57 Å². The van der Waals surface area contributed by atoms with Gasteiger partial charge in [-0.2, -0.15) is 0 Å². The molecule has 1 heterocycles. The Morgan fingerprint density at radius 3 is 3.08 bits per heavy atom. The van der Waals surface area contributed by atoms with E-state index in [9.17, 15) is 0 Å². The SMILES string of the molecule is CCN1CC2=CC=CC(C)C2C1. The van der Waals surface area contributed by atoms with E-state index in [0.717, 1.165) is 11.8 Å². The molecule has 1 fully saturated rings. The molecule has 2 rings (SSSR count). The van der Waals surface area contributed by atoms with Gasteiger partial charge < -0.3 is 0 Å². The monoisotopic (exact) mass is 163 g/mol. The van der Waals surface area contributed by atoms with Crippen molar-refractivity contribution in [2.24, 2.45) is 11.8 Å². The summed E-state index contributed by atoms with van der Waals surface area (Å²) in [5, 5.41) is 0. The van der Waals surface area contributed by atoms with E-state index in [1.807, 2.05) is 0 Å². The molecule has 2 aliphatic rings. The van der Waals surface area contributed by atoms with E-state index in [-0.39, 0.29) is 0 Å². The number of hydrogen-bond donors (Lipinski definition) is 0. The second-order valence-corrected chi connectivity index (χ2v) is 3.92. The number of fused-ring (bicyclic) bond motifs is 1. The molecule has 1 heteroatoms. The quantitative estimate of drug-likeness (QED) is 0.572. The minimum atomic E-state index is 0.751. The highest BCUT2D eigenvalue weighted by Crippen LogP contribution is 2.32. The zero-order valence-corrected chi connectivity index (χ0v) is 7.96. The molecule has 2 atom stereocenters. The maximum absolute atomic E-state index is 2.53. The summed E-state index contributed by atoms with van der Waals surface area (Å²) in [5.74, 6) is 1.57. The van der Waals surface area contributed by atoms with Crippen LogP contribution < -0.4 is 0 Å². The van der Waals surface area contributed by atoms with Crippen molar-refractivity contribution < 1.29 is 0 Å².